The van der Waals surface area contributed by atoms with Crippen molar-refractivity contribution in [2.75, 3.05) is 5.73 Å². The highest BCUT2D eigenvalue weighted by Gasteiger charge is 2.11. The molecule has 3 nitrogen and oxygen atoms in total. The molecule has 2 rings (SSSR count). The van der Waals surface area contributed by atoms with Crippen LogP contribution < -0.4 is 5.73 Å². The Kier molecular flexibility index (Phi) is 3.00. The first-order chi connectivity index (χ1) is 8.13. The summed E-state index contributed by atoms with van der Waals surface area (Å²) in [6.07, 6.45) is 3.56. The summed E-state index contributed by atoms with van der Waals surface area (Å²) < 4.78 is 1.89. The Hall–Kier alpha value is -2.03. The zero-order valence-electron chi connectivity index (χ0n) is 10.3. The van der Waals surface area contributed by atoms with Crippen LogP contribution in [0.4, 0.5) is 5.82 Å². The fourth-order valence-corrected chi connectivity index (χ4v) is 1.96. The molecule has 0 saturated heterocycles. The number of allylic oxidation sites excluding steroid dienone is 1. The number of anilines is 1. The molecule has 1 heterocycles. The van der Waals surface area contributed by atoms with E-state index in [1.807, 2.05) is 10.6 Å². The summed E-state index contributed by atoms with van der Waals surface area (Å²) in [6.45, 7) is 8.55. The zero-order chi connectivity index (χ0) is 12.4. The molecule has 0 saturated carbocycles. The molecule has 0 atom stereocenters. The van der Waals surface area contributed by atoms with Gasteiger partial charge in [-0.15, -0.1) is 6.58 Å². The Balaban J connectivity index is 2.49. The molecule has 0 aliphatic heterocycles. The second-order valence-electron chi connectivity index (χ2n) is 4.24. The molecule has 1 aromatic heterocycles. The van der Waals surface area contributed by atoms with Crippen molar-refractivity contribution in [2.24, 2.45) is 0 Å². The van der Waals surface area contributed by atoms with Crippen molar-refractivity contribution >= 4 is 5.82 Å². The van der Waals surface area contributed by atoms with Crippen molar-refractivity contribution in [3.8, 4) is 11.3 Å². The number of rotatable bonds is 3. The number of aromatic nitrogens is 2. The summed E-state index contributed by atoms with van der Waals surface area (Å²) in [7, 11) is 0. The van der Waals surface area contributed by atoms with Crippen LogP contribution in [0.1, 0.15) is 11.1 Å². The molecule has 88 valence electrons. The number of nitrogens with two attached hydrogens (primary N) is 1. The Morgan fingerprint density at radius 3 is 2.82 bits per heavy atom. The van der Waals surface area contributed by atoms with Gasteiger partial charge in [0.05, 0.1) is 6.33 Å². The number of nitrogen functional groups attached to an aromatic ring is 1. The van der Waals surface area contributed by atoms with Gasteiger partial charge in [0.15, 0.2) is 0 Å². The molecule has 2 N–H and O–H groups in total. The smallest absolute Gasteiger partial charge is 0.131 e. The van der Waals surface area contributed by atoms with E-state index in [9.17, 15) is 0 Å². The molecule has 3 heteroatoms. The average Bonchev–Trinajstić information content (AvgIpc) is 2.62. The first-order valence-electron chi connectivity index (χ1n) is 5.62. The maximum Gasteiger partial charge on any atom is 0.131 e. The first-order valence-corrected chi connectivity index (χ1v) is 5.62. The summed E-state index contributed by atoms with van der Waals surface area (Å²) in [4.78, 5) is 4.39. The van der Waals surface area contributed by atoms with Crippen molar-refractivity contribution in [3.63, 3.8) is 0 Å². The molecule has 0 aliphatic rings. The second-order valence-corrected chi connectivity index (χ2v) is 4.24. The molecule has 2 aromatic rings. The van der Waals surface area contributed by atoms with Crippen LogP contribution in [0.25, 0.3) is 11.3 Å². The number of hydrogen-bond acceptors (Lipinski definition) is 2. The van der Waals surface area contributed by atoms with Gasteiger partial charge in [0.2, 0.25) is 0 Å². The monoisotopic (exact) mass is 227 g/mol. The lowest BCUT2D eigenvalue weighted by atomic mass is 10.0. The van der Waals surface area contributed by atoms with Gasteiger partial charge in [-0.05, 0) is 19.4 Å². The third-order valence-electron chi connectivity index (χ3n) is 2.84. The summed E-state index contributed by atoms with van der Waals surface area (Å²) in [5, 5.41) is 0. The van der Waals surface area contributed by atoms with Crippen LogP contribution in [0.3, 0.4) is 0 Å². The average molecular weight is 227 g/mol. The summed E-state index contributed by atoms with van der Waals surface area (Å²) in [5.41, 5.74) is 10.5. The van der Waals surface area contributed by atoms with Crippen LogP contribution in [0.5, 0.6) is 0 Å². The summed E-state index contributed by atoms with van der Waals surface area (Å²) in [5.74, 6) is 0.692. The van der Waals surface area contributed by atoms with Gasteiger partial charge in [0.25, 0.3) is 0 Å². The third kappa shape index (κ3) is 2.09. The fraction of sp³-hybridized carbons (Fsp3) is 0.214. The minimum absolute atomic E-state index is 0.684. The third-order valence-corrected chi connectivity index (χ3v) is 2.84. The van der Waals surface area contributed by atoms with Crippen molar-refractivity contribution in [2.45, 2.75) is 20.4 Å². The molecular formula is C14H17N3. The second kappa shape index (κ2) is 4.45. The molecule has 0 radical (unpaired) electrons. The van der Waals surface area contributed by atoms with Gasteiger partial charge in [0.1, 0.15) is 11.5 Å². The lowest BCUT2D eigenvalue weighted by Crippen LogP contribution is -2.00. The van der Waals surface area contributed by atoms with E-state index in [1.165, 1.54) is 11.1 Å². The number of aryl methyl sites for hydroxylation is 2. The van der Waals surface area contributed by atoms with Crippen LogP contribution in [0, 0.1) is 13.8 Å². The van der Waals surface area contributed by atoms with Gasteiger partial charge < -0.3 is 10.3 Å². The van der Waals surface area contributed by atoms with Crippen LogP contribution >= 0.6 is 0 Å². The van der Waals surface area contributed by atoms with Gasteiger partial charge in [-0.1, -0.05) is 29.8 Å². The van der Waals surface area contributed by atoms with Gasteiger partial charge in [-0.3, -0.25) is 0 Å². The highest BCUT2D eigenvalue weighted by Crippen LogP contribution is 2.27. The summed E-state index contributed by atoms with van der Waals surface area (Å²) in [6, 6.07) is 6.29. The first kappa shape index (κ1) is 11.5. The SMILES string of the molecule is C=CCn1cnc(-c2ccc(C)cc2C)c1N. The minimum atomic E-state index is 0.684. The molecule has 1 aromatic carbocycles. The van der Waals surface area contributed by atoms with Crippen molar-refractivity contribution < 1.29 is 0 Å². The van der Waals surface area contributed by atoms with Crippen LogP contribution in [0.15, 0.2) is 37.2 Å². The number of nitrogens with zero attached hydrogens (tertiary/aromatic N) is 2. The fourth-order valence-electron chi connectivity index (χ4n) is 1.96. The molecule has 0 unspecified atom stereocenters. The van der Waals surface area contributed by atoms with E-state index in [0.29, 0.717) is 12.4 Å². The Labute approximate surface area is 102 Å². The van der Waals surface area contributed by atoms with E-state index in [4.69, 9.17) is 5.73 Å². The van der Waals surface area contributed by atoms with E-state index in [0.717, 1.165) is 11.3 Å². The highest BCUT2D eigenvalue weighted by molar-refractivity contribution is 5.73. The molecule has 0 fully saturated rings. The Bertz CT molecular complexity index is 553. The highest BCUT2D eigenvalue weighted by atomic mass is 15.1. The number of hydrogen-bond donors (Lipinski definition) is 1. The van der Waals surface area contributed by atoms with E-state index in [1.54, 1.807) is 6.33 Å². The molecular weight excluding hydrogens is 210 g/mol. The standard InChI is InChI=1S/C14H17N3/c1-4-7-17-9-16-13(14(17)15)12-6-5-10(2)8-11(12)3/h4-6,8-9H,1,7,15H2,2-3H3. The van der Waals surface area contributed by atoms with Crippen LogP contribution in [0.2, 0.25) is 0 Å². The lowest BCUT2D eigenvalue weighted by Gasteiger charge is -2.06. The van der Waals surface area contributed by atoms with Gasteiger partial charge in [-0.25, -0.2) is 4.98 Å². The van der Waals surface area contributed by atoms with Gasteiger partial charge in [0, 0.05) is 12.1 Å². The van der Waals surface area contributed by atoms with E-state index in [2.05, 4.69) is 43.6 Å². The normalized spacial score (nSPS) is 10.5. The number of imidazole rings is 1. The predicted octanol–water partition coefficient (Wildman–Crippen LogP) is 2.94. The van der Waals surface area contributed by atoms with Crippen LogP contribution in [-0.4, -0.2) is 9.55 Å². The molecule has 0 amide bonds. The zero-order valence-corrected chi connectivity index (χ0v) is 10.3. The Morgan fingerprint density at radius 2 is 2.18 bits per heavy atom. The van der Waals surface area contributed by atoms with E-state index >= 15 is 0 Å². The quantitative estimate of drug-likeness (QED) is 0.819. The largest absolute Gasteiger partial charge is 0.383 e. The molecule has 0 aliphatic carbocycles. The predicted molar refractivity (Wildman–Crippen MR) is 71.7 cm³/mol. The Morgan fingerprint density at radius 1 is 1.41 bits per heavy atom. The van der Waals surface area contributed by atoms with Crippen LogP contribution in [-0.2, 0) is 6.54 Å². The van der Waals surface area contributed by atoms with Crippen molar-refractivity contribution in [3.05, 3.63) is 48.3 Å². The maximum absolute atomic E-state index is 6.08. The molecule has 0 bridgehead atoms. The molecule has 0 spiro atoms. The number of benzene rings is 1. The maximum atomic E-state index is 6.08. The summed E-state index contributed by atoms with van der Waals surface area (Å²) >= 11 is 0. The van der Waals surface area contributed by atoms with Gasteiger partial charge >= 0.3 is 0 Å². The lowest BCUT2D eigenvalue weighted by molar-refractivity contribution is 0.833. The van der Waals surface area contributed by atoms with Crippen molar-refractivity contribution in [1.82, 2.24) is 9.55 Å². The van der Waals surface area contributed by atoms with Crippen molar-refractivity contribution in [1.29, 1.82) is 0 Å². The van der Waals surface area contributed by atoms with E-state index in [-0.39, 0.29) is 0 Å². The molecule has 17 heavy (non-hydrogen) atoms. The topological polar surface area (TPSA) is 43.8 Å². The minimum Gasteiger partial charge on any atom is -0.383 e. The van der Waals surface area contributed by atoms with Gasteiger partial charge in [-0.2, -0.15) is 0 Å². The van der Waals surface area contributed by atoms with E-state index < -0.39 is 0 Å².